The van der Waals surface area contributed by atoms with Crippen LogP contribution in [0.5, 0.6) is 0 Å². The lowest BCUT2D eigenvalue weighted by atomic mass is 10.1. The maximum Gasteiger partial charge on any atom is 0.257 e. The molecule has 0 aliphatic heterocycles. The van der Waals surface area contributed by atoms with Gasteiger partial charge >= 0.3 is 0 Å². The molecule has 0 saturated heterocycles. The molecule has 0 aliphatic carbocycles. The third kappa shape index (κ3) is 3.98. The van der Waals surface area contributed by atoms with Crippen LogP contribution in [0.3, 0.4) is 0 Å². The number of aromatic nitrogens is 1. The summed E-state index contributed by atoms with van der Waals surface area (Å²) < 4.78 is 0. The highest BCUT2D eigenvalue weighted by atomic mass is 35.5. The Morgan fingerprint density at radius 1 is 1.04 bits per heavy atom. The van der Waals surface area contributed by atoms with Crippen molar-refractivity contribution >= 4 is 34.6 Å². The Balaban J connectivity index is 1.83. The van der Waals surface area contributed by atoms with Crippen LogP contribution >= 0.6 is 11.6 Å². The van der Waals surface area contributed by atoms with Gasteiger partial charge < -0.3 is 10.2 Å². The smallest absolute Gasteiger partial charge is 0.257 e. The minimum Gasteiger partial charge on any atom is -0.343 e. The molecule has 0 radical (unpaired) electrons. The van der Waals surface area contributed by atoms with Crippen LogP contribution in [0, 0.1) is 6.92 Å². The minimum atomic E-state index is -0.221. The summed E-state index contributed by atoms with van der Waals surface area (Å²) in [5.41, 5.74) is 3.98. The largest absolute Gasteiger partial charge is 0.343 e. The number of hydrogen-bond donors (Lipinski definition) is 1. The number of carbonyl (C=O) groups is 1. The van der Waals surface area contributed by atoms with Gasteiger partial charge in [-0.2, -0.15) is 0 Å². The van der Waals surface area contributed by atoms with E-state index in [0.717, 1.165) is 16.9 Å². The number of amides is 1. The van der Waals surface area contributed by atoms with Gasteiger partial charge in [0.15, 0.2) is 0 Å². The first-order chi connectivity index (χ1) is 12.0. The molecule has 5 heteroatoms. The van der Waals surface area contributed by atoms with Gasteiger partial charge in [0, 0.05) is 29.6 Å². The zero-order valence-corrected chi connectivity index (χ0v) is 14.8. The molecule has 1 amide bonds. The number of nitrogens with one attached hydrogen (secondary N) is 1. The monoisotopic (exact) mass is 351 g/mol. The average molecular weight is 352 g/mol. The van der Waals surface area contributed by atoms with E-state index in [-0.39, 0.29) is 5.91 Å². The van der Waals surface area contributed by atoms with E-state index in [1.807, 2.05) is 61.3 Å². The highest BCUT2D eigenvalue weighted by molar-refractivity contribution is 6.31. The number of carbonyl (C=O) groups excluding carboxylic acids is 1. The van der Waals surface area contributed by atoms with Crippen molar-refractivity contribution in [3.05, 3.63) is 83.1 Å². The number of benzene rings is 2. The molecule has 0 unspecified atom stereocenters. The number of aryl methyl sites for hydroxylation is 1. The van der Waals surface area contributed by atoms with Crippen LogP contribution in [0.4, 0.5) is 17.1 Å². The van der Waals surface area contributed by atoms with E-state index in [9.17, 15) is 4.79 Å². The van der Waals surface area contributed by atoms with Crippen molar-refractivity contribution in [2.75, 3.05) is 17.3 Å². The van der Waals surface area contributed by atoms with E-state index in [1.54, 1.807) is 24.5 Å². The van der Waals surface area contributed by atoms with Crippen molar-refractivity contribution in [3.8, 4) is 0 Å². The van der Waals surface area contributed by atoms with Gasteiger partial charge in [-0.05, 0) is 42.8 Å². The molecule has 0 spiro atoms. The summed E-state index contributed by atoms with van der Waals surface area (Å²) in [6.07, 6.45) is 3.28. The van der Waals surface area contributed by atoms with E-state index in [1.165, 1.54) is 0 Å². The van der Waals surface area contributed by atoms with Gasteiger partial charge in [0.05, 0.1) is 17.4 Å². The number of para-hydroxylation sites is 1. The average Bonchev–Trinajstić information content (AvgIpc) is 2.65. The van der Waals surface area contributed by atoms with Crippen LogP contribution in [0.15, 0.2) is 67.0 Å². The van der Waals surface area contributed by atoms with Gasteiger partial charge in [-0.15, -0.1) is 0 Å². The van der Waals surface area contributed by atoms with Crippen molar-refractivity contribution in [1.29, 1.82) is 0 Å². The molecule has 2 aromatic carbocycles. The second kappa shape index (κ2) is 7.36. The van der Waals surface area contributed by atoms with E-state index >= 15 is 0 Å². The summed E-state index contributed by atoms with van der Waals surface area (Å²) in [6, 6.07) is 17.1. The number of nitrogens with zero attached hydrogens (tertiary/aromatic N) is 2. The fraction of sp³-hybridized carbons (Fsp3) is 0.100. The van der Waals surface area contributed by atoms with Crippen molar-refractivity contribution in [2.24, 2.45) is 0 Å². The second-order valence-electron chi connectivity index (χ2n) is 5.74. The molecule has 4 nitrogen and oxygen atoms in total. The van der Waals surface area contributed by atoms with Crippen LogP contribution in [0.25, 0.3) is 0 Å². The number of pyridine rings is 1. The van der Waals surface area contributed by atoms with Gasteiger partial charge in [0.2, 0.25) is 0 Å². The molecule has 0 saturated carbocycles. The Labute approximate surface area is 152 Å². The standard InChI is InChI=1S/C20H18ClN3O/c1-14-8-9-16(21)11-19(14)23-20(25)15-10-18(13-22-12-15)24(2)17-6-4-3-5-7-17/h3-13H,1-2H3,(H,23,25). The maximum absolute atomic E-state index is 12.6. The molecule has 25 heavy (non-hydrogen) atoms. The molecule has 1 N–H and O–H groups in total. The van der Waals surface area contributed by atoms with Crippen LogP contribution in [0.2, 0.25) is 5.02 Å². The first kappa shape index (κ1) is 17.0. The molecule has 0 atom stereocenters. The molecule has 1 aromatic heterocycles. The van der Waals surface area contributed by atoms with Crippen LogP contribution in [-0.4, -0.2) is 17.9 Å². The minimum absolute atomic E-state index is 0.221. The molecule has 126 valence electrons. The lowest BCUT2D eigenvalue weighted by molar-refractivity contribution is 0.102. The quantitative estimate of drug-likeness (QED) is 0.714. The molecule has 0 bridgehead atoms. The van der Waals surface area contributed by atoms with E-state index in [2.05, 4.69) is 10.3 Å². The predicted molar refractivity (Wildman–Crippen MR) is 103 cm³/mol. The Bertz CT molecular complexity index is 896. The van der Waals surface area contributed by atoms with Gasteiger partial charge in [-0.25, -0.2) is 0 Å². The molecule has 3 rings (SSSR count). The zero-order valence-electron chi connectivity index (χ0n) is 14.0. The fourth-order valence-electron chi connectivity index (χ4n) is 2.46. The van der Waals surface area contributed by atoms with E-state index in [0.29, 0.717) is 16.3 Å². The van der Waals surface area contributed by atoms with Crippen LogP contribution in [-0.2, 0) is 0 Å². The molecule has 0 fully saturated rings. The normalized spacial score (nSPS) is 10.4. The molecule has 1 heterocycles. The highest BCUT2D eigenvalue weighted by Gasteiger charge is 2.11. The Morgan fingerprint density at radius 2 is 1.80 bits per heavy atom. The van der Waals surface area contributed by atoms with Crippen LogP contribution in [0.1, 0.15) is 15.9 Å². The van der Waals surface area contributed by atoms with Crippen molar-refractivity contribution in [1.82, 2.24) is 4.98 Å². The second-order valence-corrected chi connectivity index (χ2v) is 6.18. The van der Waals surface area contributed by atoms with Gasteiger partial charge in [0.25, 0.3) is 5.91 Å². The van der Waals surface area contributed by atoms with Crippen molar-refractivity contribution < 1.29 is 4.79 Å². The summed E-state index contributed by atoms with van der Waals surface area (Å²) in [5, 5.41) is 3.47. The topological polar surface area (TPSA) is 45.2 Å². The predicted octanol–water partition coefficient (Wildman–Crippen LogP) is 5.06. The lowest BCUT2D eigenvalue weighted by Crippen LogP contribution is -2.15. The molecule has 3 aromatic rings. The summed E-state index contributed by atoms with van der Waals surface area (Å²) in [7, 11) is 1.94. The fourth-order valence-corrected chi connectivity index (χ4v) is 2.63. The molecule has 0 aliphatic rings. The van der Waals surface area contributed by atoms with Crippen LogP contribution < -0.4 is 10.2 Å². The lowest BCUT2D eigenvalue weighted by Gasteiger charge is -2.19. The number of hydrogen-bond acceptors (Lipinski definition) is 3. The summed E-state index contributed by atoms with van der Waals surface area (Å²) in [4.78, 5) is 18.8. The van der Waals surface area contributed by atoms with E-state index < -0.39 is 0 Å². The highest BCUT2D eigenvalue weighted by Crippen LogP contribution is 2.24. The SMILES string of the molecule is Cc1ccc(Cl)cc1NC(=O)c1cncc(N(C)c2ccccc2)c1. The summed E-state index contributed by atoms with van der Waals surface area (Å²) in [6.45, 7) is 1.92. The molecular formula is C20H18ClN3O. The van der Waals surface area contributed by atoms with Crippen molar-refractivity contribution in [3.63, 3.8) is 0 Å². The van der Waals surface area contributed by atoms with Gasteiger partial charge in [0.1, 0.15) is 0 Å². The van der Waals surface area contributed by atoms with Gasteiger partial charge in [-0.1, -0.05) is 35.9 Å². The first-order valence-corrected chi connectivity index (χ1v) is 8.24. The third-order valence-electron chi connectivity index (χ3n) is 3.96. The maximum atomic E-state index is 12.6. The number of anilines is 3. The Kier molecular flexibility index (Phi) is 5.00. The zero-order chi connectivity index (χ0) is 17.8. The summed E-state index contributed by atoms with van der Waals surface area (Å²) >= 11 is 6.01. The third-order valence-corrected chi connectivity index (χ3v) is 4.20. The number of rotatable bonds is 4. The number of halogens is 1. The Morgan fingerprint density at radius 3 is 2.56 bits per heavy atom. The first-order valence-electron chi connectivity index (χ1n) is 7.86. The van der Waals surface area contributed by atoms with Gasteiger partial charge in [-0.3, -0.25) is 9.78 Å². The summed E-state index contributed by atoms with van der Waals surface area (Å²) in [5.74, 6) is -0.221. The van der Waals surface area contributed by atoms with Crippen molar-refractivity contribution in [2.45, 2.75) is 6.92 Å². The Hall–Kier alpha value is -2.85. The van der Waals surface area contributed by atoms with E-state index in [4.69, 9.17) is 11.6 Å². The molecular weight excluding hydrogens is 334 g/mol.